The zero-order chi connectivity index (χ0) is 11.9. The van der Waals surface area contributed by atoms with Gasteiger partial charge in [-0.3, -0.25) is 0 Å². The minimum absolute atomic E-state index is 0. The first-order chi connectivity index (χ1) is 7.38. The number of rotatable bonds is 1. The summed E-state index contributed by atoms with van der Waals surface area (Å²) in [5, 5.41) is 19.4. The van der Waals surface area contributed by atoms with E-state index in [0.717, 1.165) is 12.1 Å². The molecule has 0 radical (unpaired) electrons. The summed E-state index contributed by atoms with van der Waals surface area (Å²) in [5.41, 5.74) is 0. The number of benzene rings is 2. The summed E-state index contributed by atoms with van der Waals surface area (Å²) in [7, 11) is -4.62. The summed E-state index contributed by atoms with van der Waals surface area (Å²) in [6.07, 6.45) is 0. The average molecular weight is 257 g/mol. The Morgan fingerprint density at radius 2 is 1.71 bits per heavy atom. The van der Waals surface area contributed by atoms with Gasteiger partial charge in [0.2, 0.25) is 0 Å². The number of phenols is 2. The average Bonchev–Trinajstić information content (AvgIpc) is 2.15. The van der Waals surface area contributed by atoms with Crippen molar-refractivity contribution in [1.82, 2.24) is 6.15 Å². The van der Waals surface area contributed by atoms with Crippen LogP contribution in [0.2, 0.25) is 0 Å². The molecule has 0 bridgehead atoms. The molecule has 6 nitrogen and oxygen atoms in total. The molecule has 17 heavy (non-hydrogen) atoms. The second-order valence-corrected chi connectivity index (χ2v) is 4.68. The summed E-state index contributed by atoms with van der Waals surface area (Å²) in [5.74, 6) is -0.390. The maximum absolute atomic E-state index is 10.8. The van der Waals surface area contributed by atoms with Gasteiger partial charge in [-0.1, -0.05) is 0 Å². The van der Waals surface area contributed by atoms with Crippen LogP contribution in [0.5, 0.6) is 11.5 Å². The Bertz CT molecular complexity index is 666. The lowest BCUT2D eigenvalue weighted by Gasteiger charge is -2.09. The van der Waals surface area contributed by atoms with Crippen molar-refractivity contribution in [3.63, 3.8) is 0 Å². The fourth-order valence-corrected chi connectivity index (χ4v) is 1.98. The highest BCUT2D eigenvalue weighted by Gasteiger charge is 2.08. The molecule has 0 aliphatic rings. The van der Waals surface area contributed by atoms with Crippen LogP contribution in [-0.4, -0.2) is 23.2 Å². The van der Waals surface area contributed by atoms with Crippen molar-refractivity contribution in [1.29, 1.82) is 0 Å². The Morgan fingerprint density at radius 1 is 1.06 bits per heavy atom. The quantitative estimate of drug-likeness (QED) is 0.666. The number of phenolic OH excluding ortho intramolecular Hbond substituents is 2. The molecule has 7 heteroatoms. The van der Waals surface area contributed by atoms with E-state index in [-0.39, 0.29) is 23.0 Å². The highest BCUT2D eigenvalue weighted by atomic mass is 32.2. The second kappa shape index (κ2) is 4.21. The molecule has 0 spiro atoms. The minimum Gasteiger partial charge on any atom is -0.744 e. The Morgan fingerprint density at radius 3 is 2.29 bits per heavy atom. The summed E-state index contributed by atoms with van der Waals surface area (Å²) in [4.78, 5) is -0.525. The lowest BCUT2D eigenvalue weighted by atomic mass is 10.1. The molecular weight excluding hydrogens is 246 g/mol. The van der Waals surface area contributed by atoms with E-state index in [4.69, 9.17) is 0 Å². The van der Waals surface area contributed by atoms with Crippen molar-refractivity contribution in [2.45, 2.75) is 4.90 Å². The van der Waals surface area contributed by atoms with Gasteiger partial charge in [0.15, 0.2) is 0 Å². The van der Waals surface area contributed by atoms with Crippen molar-refractivity contribution in [3.05, 3.63) is 30.3 Å². The molecule has 0 atom stereocenters. The molecule has 0 saturated heterocycles. The standard InChI is InChI=1S/C10H8O5S.H3N/c11-7-1-2-9-6(3-7)4-8(5-10(9)12)16(13,14)15;/h1-5,11-12H,(H,13,14,15);1H3. The summed E-state index contributed by atoms with van der Waals surface area (Å²) >= 11 is 0. The molecule has 2 aromatic carbocycles. The molecule has 0 aliphatic carbocycles. The maximum atomic E-state index is 10.8. The highest BCUT2D eigenvalue weighted by Crippen LogP contribution is 2.30. The van der Waals surface area contributed by atoms with Gasteiger partial charge >= 0.3 is 0 Å². The van der Waals surface area contributed by atoms with E-state index in [1.807, 2.05) is 0 Å². The molecule has 0 aliphatic heterocycles. The van der Waals surface area contributed by atoms with Crippen LogP contribution < -0.4 is 6.15 Å². The van der Waals surface area contributed by atoms with E-state index in [0.29, 0.717) is 5.39 Å². The normalized spacial score (nSPS) is 11.1. The predicted molar refractivity (Wildman–Crippen MR) is 61.2 cm³/mol. The lowest BCUT2D eigenvalue weighted by molar-refractivity contribution is 0.457. The van der Waals surface area contributed by atoms with Gasteiger partial charge in [-0.25, -0.2) is 8.42 Å². The molecule has 0 amide bonds. The van der Waals surface area contributed by atoms with Crippen LogP contribution in [0.4, 0.5) is 0 Å². The van der Waals surface area contributed by atoms with Gasteiger partial charge in [-0.05, 0) is 35.7 Å². The maximum Gasteiger partial charge on any atom is 0.124 e. The topological polar surface area (TPSA) is 134 Å². The Hall–Kier alpha value is -1.83. The van der Waals surface area contributed by atoms with Gasteiger partial charge in [0.25, 0.3) is 0 Å². The van der Waals surface area contributed by atoms with E-state index in [9.17, 15) is 23.2 Å². The largest absolute Gasteiger partial charge is 0.744 e. The minimum atomic E-state index is -4.62. The van der Waals surface area contributed by atoms with E-state index < -0.39 is 15.0 Å². The first kappa shape index (κ1) is 13.2. The van der Waals surface area contributed by atoms with Gasteiger partial charge in [0, 0.05) is 5.39 Å². The summed E-state index contributed by atoms with van der Waals surface area (Å²) < 4.78 is 32.4. The second-order valence-electron chi connectivity index (χ2n) is 3.30. The molecule has 0 fully saturated rings. The van der Waals surface area contributed by atoms with E-state index in [2.05, 4.69) is 0 Å². The van der Waals surface area contributed by atoms with Crippen LogP contribution in [0.25, 0.3) is 10.8 Å². The van der Waals surface area contributed by atoms with E-state index >= 15 is 0 Å². The fourth-order valence-electron chi connectivity index (χ4n) is 1.45. The van der Waals surface area contributed by atoms with Gasteiger partial charge in [0.1, 0.15) is 21.6 Å². The fraction of sp³-hybridized carbons (Fsp3) is 0. The van der Waals surface area contributed by atoms with Crippen molar-refractivity contribution in [2.75, 3.05) is 0 Å². The van der Waals surface area contributed by atoms with Crippen molar-refractivity contribution in [2.24, 2.45) is 0 Å². The van der Waals surface area contributed by atoms with Crippen LogP contribution in [0.1, 0.15) is 0 Å². The van der Waals surface area contributed by atoms with Crippen molar-refractivity contribution >= 4 is 20.9 Å². The number of hydrogen-bond donors (Lipinski definition) is 3. The third-order valence-corrected chi connectivity index (χ3v) is 2.99. The van der Waals surface area contributed by atoms with Crippen LogP contribution in [0.15, 0.2) is 35.2 Å². The molecule has 0 unspecified atom stereocenters. The molecule has 2 rings (SSSR count). The van der Waals surface area contributed by atoms with E-state index in [1.165, 1.54) is 18.2 Å². The van der Waals surface area contributed by atoms with Crippen LogP contribution in [-0.2, 0) is 10.1 Å². The summed E-state index contributed by atoms with van der Waals surface area (Å²) in [6.45, 7) is 0. The van der Waals surface area contributed by atoms with Gasteiger partial charge < -0.3 is 20.9 Å². The number of aromatic hydroxyl groups is 2. The Kier molecular flexibility index (Phi) is 3.28. The van der Waals surface area contributed by atoms with Gasteiger partial charge in [-0.2, -0.15) is 0 Å². The van der Waals surface area contributed by atoms with Crippen LogP contribution in [0, 0.1) is 0 Å². The number of fused-ring (bicyclic) bond motifs is 1. The Balaban J connectivity index is 0.00000144. The van der Waals surface area contributed by atoms with E-state index in [1.54, 1.807) is 0 Å². The first-order valence-electron chi connectivity index (χ1n) is 4.29. The third kappa shape index (κ3) is 2.47. The first-order valence-corrected chi connectivity index (χ1v) is 5.70. The number of hydrogen-bond acceptors (Lipinski definition) is 5. The zero-order valence-electron chi connectivity index (χ0n) is 8.91. The SMILES string of the molecule is O=S(=O)([O-])c1cc(O)c2ccc(O)cc2c1.[NH4+]. The third-order valence-electron chi connectivity index (χ3n) is 2.18. The van der Waals surface area contributed by atoms with Crippen molar-refractivity contribution < 1.29 is 23.2 Å². The molecule has 6 N–H and O–H groups in total. The summed E-state index contributed by atoms with van der Waals surface area (Å²) in [6, 6.07) is 6.05. The van der Waals surface area contributed by atoms with Crippen molar-refractivity contribution in [3.8, 4) is 11.5 Å². The number of quaternary nitrogens is 1. The molecule has 0 aromatic heterocycles. The zero-order valence-corrected chi connectivity index (χ0v) is 9.73. The van der Waals surface area contributed by atoms with Gasteiger partial charge in [-0.15, -0.1) is 0 Å². The molecule has 92 valence electrons. The molecule has 2 aromatic rings. The molecule has 0 heterocycles. The van der Waals surface area contributed by atoms with Crippen LogP contribution in [0.3, 0.4) is 0 Å². The smallest absolute Gasteiger partial charge is 0.124 e. The Labute approximate surface area is 97.5 Å². The monoisotopic (exact) mass is 257 g/mol. The van der Waals surface area contributed by atoms with Crippen LogP contribution >= 0.6 is 0 Å². The molecule has 0 saturated carbocycles. The predicted octanol–water partition coefficient (Wildman–Crippen LogP) is 1.53. The van der Waals surface area contributed by atoms with Gasteiger partial charge in [0.05, 0.1) is 4.90 Å². The molecular formula is C10H11NO5S. The highest BCUT2D eigenvalue weighted by molar-refractivity contribution is 7.85. The lowest BCUT2D eigenvalue weighted by Crippen LogP contribution is -1.98.